The van der Waals surface area contributed by atoms with E-state index in [1.54, 1.807) is 6.92 Å². The summed E-state index contributed by atoms with van der Waals surface area (Å²) in [5.41, 5.74) is 1.28. The van der Waals surface area contributed by atoms with Gasteiger partial charge in [-0.25, -0.2) is 0 Å². The van der Waals surface area contributed by atoms with Gasteiger partial charge in [0.15, 0.2) is 0 Å². The number of aromatic nitrogens is 4. The Morgan fingerprint density at radius 1 is 1.32 bits per heavy atom. The van der Waals surface area contributed by atoms with E-state index in [9.17, 15) is 10.1 Å². The molecule has 0 atom stereocenters. The molecule has 0 aliphatic rings. The van der Waals surface area contributed by atoms with Crippen molar-refractivity contribution in [3.05, 3.63) is 58.2 Å². The monoisotopic (exact) mass is 299 g/mol. The molecule has 0 radical (unpaired) electrons. The molecular weight excluding hydrogens is 286 g/mol. The second kappa shape index (κ2) is 5.76. The first-order chi connectivity index (χ1) is 10.6. The van der Waals surface area contributed by atoms with Crippen LogP contribution in [0.3, 0.4) is 0 Å². The largest absolute Gasteiger partial charge is 0.339 e. The highest BCUT2D eigenvalue weighted by atomic mass is 16.6. The number of nitrogens with zero attached hydrogens (tertiary/aromatic N) is 5. The SMILES string of the molecule is Cc1nn(CCc2nc(-c3ccccc3)no2)cc1[N+](=O)[O-]. The number of aryl methyl sites for hydroxylation is 3. The Balaban J connectivity index is 1.69. The summed E-state index contributed by atoms with van der Waals surface area (Å²) in [5, 5.41) is 18.8. The molecule has 0 saturated heterocycles. The lowest BCUT2D eigenvalue weighted by atomic mass is 10.2. The van der Waals surface area contributed by atoms with Gasteiger partial charge in [-0.05, 0) is 6.92 Å². The Labute approximate surface area is 125 Å². The maximum absolute atomic E-state index is 10.8. The molecule has 0 fully saturated rings. The lowest BCUT2D eigenvalue weighted by Crippen LogP contribution is -2.02. The van der Waals surface area contributed by atoms with Crippen LogP contribution in [0, 0.1) is 17.0 Å². The van der Waals surface area contributed by atoms with Gasteiger partial charge >= 0.3 is 5.69 Å². The molecule has 112 valence electrons. The molecule has 0 saturated carbocycles. The minimum atomic E-state index is -0.445. The normalized spacial score (nSPS) is 10.8. The maximum Gasteiger partial charge on any atom is 0.309 e. The highest BCUT2D eigenvalue weighted by Crippen LogP contribution is 2.17. The summed E-state index contributed by atoms with van der Waals surface area (Å²) >= 11 is 0. The van der Waals surface area contributed by atoms with Gasteiger partial charge in [-0.3, -0.25) is 14.8 Å². The highest BCUT2D eigenvalue weighted by Gasteiger charge is 2.16. The zero-order valence-electron chi connectivity index (χ0n) is 11.8. The van der Waals surface area contributed by atoms with Gasteiger partial charge in [0, 0.05) is 18.5 Å². The lowest BCUT2D eigenvalue weighted by molar-refractivity contribution is -0.385. The quantitative estimate of drug-likeness (QED) is 0.529. The molecule has 3 aromatic rings. The molecule has 0 unspecified atom stereocenters. The molecule has 1 aromatic carbocycles. The third-order valence-corrected chi connectivity index (χ3v) is 3.17. The van der Waals surface area contributed by atoms with Gasteiger partial charge in [-0.1, -0.05) is 35.5 Å². The van der Waals surface area contributed by atoms with Crippen molar-refractivity contribution in [1.82, 2.24) is 19.9 Å². The lowest BCUT2D eigenvalue weighted by Gasteiger charge is -1.95. The Hall–Kier alpha value is -3.03. The molecule has 8 heteroatoms. The van der Waals surface area contributed by atoms with Crippen molar-refractivity contribution in [2.24, 2.45) is 0 Å². The van der Waals surface area contributed by atoms with Crippen molar-refractivity contribution in [3.63, 3.8) is 0 Å². The standard InChI is InChI=1S/C14H13N5O3/c1-10-12(19(20)21)9-18(16-10)8-7-13-15-14(17-22-13)11-5-3-2-4-6-11/h2-6,9H,7-8H2,1H3. The van der Waals surface area contributed by atoms with Crippen molar-refractivity contribution in [2.45, 2.75) is 19.9 Å². The van der Waals surface area contributed by atoms with Crippen LogP contribution in [0.25, 0.3) is 11.4 Å². The van der Waals surface area contributed by atoms with Crippen LogP contribution in [0.15, 0.2) is 41.1 Å². The second-order valence-corrected chi connectivity index (χ2v) is 4.75. The van der Waals surface area contributed by atoms with Gasteiger partial charge in [-0.2, -0.15) is 10.1 Å². The molecule has 0 spiro atoms. The van der Waals surface area contributed by atoms with Crippen LogP contribution in [0.1, 0.15) is 11.6 Å². The molecule has 22 heavy (non-hydrogen) atoms. The molecule has 3 rings (SSSR count). The Morgan fingerprint density at radius 2 is 2.09 bits per heavy atom. The van der Waals surface area contributed by atoms with Crippen molar-refractivity contribution in [3.8, 4) is 11.4 Å². The summed E-state index contributed by atoms with van der Waals surface area (Å²) in [6.07, 6.45) is 1.86. The predicted octanol–water partition coefficient (Wildman–Crippen LogP) is 2.39. The first kappa shape index (κ1) is 13.9. The summed E-state index contributed by atoms with van der Waals surface area (Å²) < 4.78 is 6.70. The molecular formula is C14H13N5O3. The van der Waals surface area contributed by atoms with Crippen LogP contribution >= 0.6 is 0 Å². The summed E-state index contributed by atoms with van der Waals surface area (Å²) in [6.45, 7) is 2.04. The highest BCUT2D eigenvalue weighted by molar-refractivity contribution is 5.53. The van der Waals surface area contributed by atoms with E-state index in [0.717, 1.165) is 5.56 Å². The molecule has 8 nitrogen and oxygen atoms in total. The minimum absolute atomic E-state index is 0.00973. The van der Waals surface area contributed by atoms with Gasteiger partial charge < -0.3 is 4.52 Å². The fraction of sp³-hybridized carbons (Fsp3) is 0.214. The summed E-state index contributed by atoms with van der Waals surface area (Å²) in [6, 6.07) is 9.51. The number of nitro groups is 1. The Bertz CT molecular complexity index is 794. The number of hydrogen-bond acceptors (Lipinski definition) is 6. The van der Waals surface area contributed by atoms with Crippen LogP contribution < -0.4 is 0 Å². The zero-order valence-corrected chi connectivity index (χ0v) is 11.8. The summed E-state index contributed by atoms with van der Waals surface area (Å²) in [7, 11) is 0. The van der Waals surface area contributed by atoms with Crippen molar-refractivity contribution >= 4 is 5.69 Å². The zero-order chi connectivity index (χ0) is 15.5. The Kier molecular flexibility index (Phi) is 3.65. The van der Waals surface area contributed by atoms with E-state index in [0.29, 0.717) is 30.4 Å². The number of rotatable bonds is 5. The fourth-order valence-corrected chi connectivity index (χ4v) is 2.07. The molecule has 2 aromatic heterocycles. The predicted molar refractivity (Wildman–Crippen MR) is 77.1 cm³/mol. The van der Waals surface area contributed by atoms with Crippen LogP contribution in [0.2, 0.25) is 0 Å². The minimum Gasteiger partial charge on any atom is -0.339 e. The van der Waals surface area contributed by atoms with Gasteiger partial charge in [0.1, 0.15) is 11.9 Å². The third-order valence-electron chi connectivity index (χ3n) is 3.17. The number of benzene rings is 1. The van der Waals surface area contributed by atoms with Gasteiger partial charge in [0.2, 0.25) is 11.7 Å². The summed E-state index contributed by atoms with van der Waals surface area (Å²) in [5.74, 6) is 0.993. The van der Waals surface area contributed by atoms with E-state index in [-0.39, 0.29) is 5.69 Å². The fourth-order valence-electron chi connectivity index (χ4n) is 2.07. The average Bonchev–Trinajstić information content (AvgIpc) is 3.12. The molecule has 0 N–H and O–H groups in total. The molecule has 2 heterocycles. The Morgan fingerprint density at radius 3 is 2.77 bits per heavy atom. The van der Waals surface area contributed by atoms with Gasteiger partial charge in [0.25, 0.3) is 0 Å². The van der Waals surface area contributed by atoms with Gasteiger partial charge in [0.05, 0.1) is 4.92 Å². The van der Waals surface area contributed by atoms with E-state index < -0.39 is 4.92 Å². The van der Waals surface area contributed by atoms with E-state index in [1.807, 2.05) is 30.3 Å². The first-order valence-corrected chi connectivity index (χ1v) is 6.70. The molecule has 0 aliphatic carbocycles. The molecule has 0 aliphatic heterocycles. The van der Waals surface area contributed by atoms with Crippen LogP contribution in [-0.4, -0.2) is 24.8 Å². The van der Waals surface area contributed by atoms with Crippen molar-refractivity contribution < 1.29 is 9.45 Å². The van der Waals surface area contributed by atoms with Crippen LogP contribution in [-0.2, 0) is 13.0 Å². The molecule has 0 amide bonds. The van der Waals surface area contributed by atoms with Crippen LogP contribution in [0.5, 0.6) is 0 Å². The third kappa shape index (κ3) is 2.85. The van der Waals surface area contributed by atoms with E-state index in [2.05, 4.69) is 15.2 Å². The van der Waals surface area contributed by atoms with Crippen LogP contribution in [0.4, 0.5) is 5.69 Å². The van der Waals surface area contributed by atoms with Gasteiger partial charge in [-0.15, -0.1) is 0 Å². The first-order valence-electron chi connectivity index (χ1n) is 6.70. The van der Waals surface area contributed by atoms with E-state index in [4.69, 9.17) is 4.52 Å². The smallest absolute Gasteiger partial charge is 0.309 e. The average molecular weight is 299 g/mol. The number of hydrogen-bond donors (Lipinski definition) is 0. The maximum atomic E-state index is 10.8. The van der Waals surface area contributed by atoms with Crippen molar-refractivity contribution in [1.29, 1.82) is 0 Å². The summed E-state index contributed by atoms with van der Waals surface area (Å²) in [4.78, 5) is 14.6. The van der Waals surface area contributed by atoms with Crippen molar-refractivity contribution in [2.75, 3.05) is 0 Å². The van der Waals surface area contributed by atoms with E-state index in [1.165, 1.54) is 10.9 Å². The molecule has 0 bridgehead atoms. The second-order valence-electron chi connectivity index (χ2n) is 4.75. The van der Waals surface area contributed by atoms with E-state index >= 15 is 0 Å². The topological polar surface area (TPSA) is 99.9 Å².